The van der Waals surface area contributed by atoms with Crippen molar-refractivity contribution < 1.29 is 19.1 Å². The maximum atomic E-state index is 12.3. The highest BCUT2D eigenvalue weighted by Crippen LogP contribution is 2.23. The average Bonchev–Trinajstić information content (AvgIpc) is 2.75. The molecule has 0 radical (unpaired) electrons. The SMILES string of the molecule is CCN(CC)C(CNC(=O)COc1cccc(C(C)=O)c1)c1cccc(OC)c1. The fourth-order valence-corrected chi connectivity index (χ4v) is 3.19. The van der Waals surface area contributed by atoms with E-state index in [1.54, 1.807) is 31.4 Å². The second-order valence-corrected chi connectivity index (χ2v) is 6.69. The van der Waals surface area contributed by atoms with Gasteiger partial charge in [0.15, 0.2) is 12.4 Å². The second-order valence-electron chi connectivity index (χ2n) is 6.69. The average molecular weight is 399 g/mol. The van der Waals surface area contributed by atoms with Gasteiger partial charge in [-0.05, 0) is 49.8 Å². The maximum Gasteiger partial charge on any atom is 0.258 e. The molecular weight excluding hydrogens is 368 g/mol. The molecule has 0 spiro atoms. The number of nitrogens with one attached hydrogen (secondary N) is 1. The highest BCUT2D eigenvalue weighted by molar-refractivity contribution is 5.94. The zero-order valence-corrected chi connectivity index (χ0v) is 17.6. The van der Waals surface area contributed by atoms with E-state index < -0.39 is 0 Å². The van der Waals surface area contributed by atoms with Crippen LogP contribution in [0, 0.1) is 0 Å². The molecule has 156 valence electrons. The molecule has 1 amide bonds. The highest BCUT2D eigenvalue weighted by atomic mass is 16.5. The van der Waals surface area contributed by atoms with Gasteiger partial charge in [-0.1, -0.05) is 38.1 Å². The van der Waals surface area contributed by atoms with Crippen molar-refractivity contribution in [2.24, 2.45) is 0 Å². The van der Waals surface area contributed by atoms with Crippen molar-refractivity contribution in [2.75, 3.05) is 33.4 Å². The van der Waals surface area contributed by atoms with Crippen molar-refractivity contribution in [3.05, 3.63) is 59.7 Å². The first kappa shape index (κ1) is 22.4. The molecule has 0 aliphatic rings. The van der Waals surface area contributed by atoms with Crippen molar-refractivity contribution in [1.82, 2.24) is 10.2 Å². The number of ketones is 1. The third-order valence-electron chi connectivity index (χ3n) is 4.83. The number of carbonyl (C=O) groups is 2. The van der Waals surface area contributed by atoms with Crippen LogP contribution in [-0.4, -0.2) is 49.9 Å². The summed E-state index contributed by atoms with van der Waals surface area (Å²) in [6.45, 7) is 7.78. The standard InChI is InChI=1S/C23H30N2O4/c1-5-25(6-2)22(19-10-8-11-20(14-19)28-4)15-24-23(27)16-29-21-12-7-9-18(13-21)17(3)26/h7-14,22H,5-6,15-16H2,1-4H3,(H,24,27). The molecule has 0 aliphatic carbocycles. The molecule has 0 aromatic heterocycles. The topological polar surface area (TPSA) is 67.9 Å². The van der Waals surface area contributed by atoms with E-state index in [-0.39, 0.29) is 24.3 Å². The third-order valence-corrected chi connectivity index (χ3v) is 4.83. The molecule has 1 N–H and O–H groups in total. The Morgan fingerprint density at radius 1 is 1.03 bits per heavy atom. The summed E-state index contributed by atoms with van der Waals surface area (Å²) in [4.78, 5) is 26.1. The van der Waals surface area contributed by atoms with E-state index >= 15 is 0 Å². The number of Topliss-reactive ketones (excluding diaryl/α,β-unsaturated/α-hetero) is 1. The summed E-state index contributed by atoms with van der Waals surface area (Å²) < 4.78 is 10.9. The monoisotopic (exact) mass is 398 g/mol. The Kier molecular flexibility index (Phi) is 8.68. The van der Waals surface area contributed by atoms with Gasteiger partial charge in [-0.15, -0.1) is 0 Å². The summed E-state index contributed by atoms with van der Waals surface area (Å²) in [5.74, 6) is 1.04. The molecule has 0 saturated carbocycles. The Bertz CT molecular complexity index is 818. The lowest BCUT2D eigenvalue weighted by Gasteiger charge is -2.30. The van der Waals surface area contributed by atoms with Gasteiger partial charge in [-0.2, -0.15) is 0 Å². The van der Waals surface area contributed by atoms with Gasteiger partial charge in [0, 0.05) is 12.1 Å². The number of benzene rings is 2. The minimum atomic E-state index is -0.210. The lowest BCUT2D eigenvalue weighted by molar-refractivity contribution is -0.123. The molecule has 0 aliphatic heterocycles. The zero-order valence-electron chi connectivity index (χ0n) is 17.6. The Balaban J connectivity index is 1.99. The third kappa shape index (κ3) is 6.61. The van der Waals surface area contributed by atoms with Gasteiger partial charge in [0.1, 0.15) is 11.5 Å². The lowest BCUT2D eigenvalue weighted by Crippen LogP contribution is -2.39. The number of amides is 1. The van der Waals surface area contributed by atoms with Gasteiger partial charge in [0.2, 0.25) is 0 Å². The Hall–Kier alpha value is -2.86. The summed E-state index contributed by atoms with van der Waals surface area (Å²) in [5, 5.41) is 2.96. The van der Waals surface area contributed by atoms with Crippen LogP contribution in [-0.2, 0) is 4.79 Å². The van der Waals surface area contributed by atoms with Crippen molar-refractivity contribution in [1.29, 1.82) is 0 Å². The fraction of sp³-hybridized carbons (Fsp3) is 0.391. The molecule has 2 aromatic carbocycles. The molecule has 1 unspecified atom stereocenters. The van der Waals surface area contributed by atoms with Gasteiger partial charge < -0.3 is 14.8 Å². The first-order chi connectivity index (χ1) is 14.0. The van der Waals surface area contributed by atoms with Crippen LogP contribution < -0.4 is 14.8 Å². The van der Waals surface area contributed by atoms with Crippen LogP contribution in [0.2, 0.25) is 0 Å². The number of hydrogen-bond donors (Lipinski definition) is 1. The van der Waals surface area contributed by atoms with Crippen LogP contribution in [0.5, 0.6) is 11.5 Å². The normalized spacial score (nSPS) is 11.8. The molecule has 1 atom stereocenters. The first-order valence-corrected chi connectivity index (χ1v) is 9.87. The number of nitrogens with zero attached hydrogens (tertiary/aromatic N) is 1. The number of hydrogen-bond acceptors (Lipinski definition) is 5. The predicted molar refractivity (Wildman–Crippen MR) is 114 cm³/mol. The van der Waals surface area contributed by atoms with Gasteiger partial charge in [-0.25, -0.2) is 0 Å². The van der Waals surface area contributed by atoms with Crippen molar-refractivity contribution in [2.45, 2.75) is 26.8 Å². The van der Waals surface area contributed by atoms with Crippen LogP contribution >= 0.6 is 0 Å². The first-order valence-electron chi connectivity index (χ1n) is 9.87. The van der Waals surface area contributed by atoms with Crippen LogP contribution in [0.4, 0.5) is 0 Å². The van der Waals surface area contributed by atoms with Crippen LogP contribution in [0.1, 0.15) is 42.7 Å². The zero-order chi connectivity index (χ0) is 21.2. The lowest BCUT2D eigenvalue weighted by atomic mass is 10.0. The van der Waals surface area contributed by atoms with Crippen LogP contribution in [0.15, 0.2) is 48.5 Å². The fourth-order valence-electron chi connectivity index (χ4n) is 3.19. The predicted octanol–water partition coefficient (Wildman–Crippen LogP) is 3.48. The van der Waals surface area contributed by atoms with E-state index in [0.717, 1.165) is 24.4 Å². The van der Waals surface area contributed by atoms with E-state index in [2.05, 4.69) is 24.1 Å². The van der Waals surface area contributed by atoms with Crippen LogP contribution in [0.25, 0.3) is 0 Å². The number of likely N-dealkylation sites (N-methyl/N-ethyl adjacent to an activating group) is 1. The Morgan fingerprint density at radius 3 is 2.38 bits per heavy atom. The van der Waals surface area contributed by atoms with E-state index in [1.807, 2.05) is 24.3 Å². The summed E-state index contributed by atoms with van der Waals surface area (Å²) >= 11 is 0. The molecule has 2 rings (SSSR count). The molecular formula is C23H30N2O4. The summed E-state index contributed by atoms with van der Waals surface area (Å²) in [5.41, 5.74) is 1.64. The summed E-state index contributed by atoms with van der Waals surface area (Å²) in [7, 11) is 1.64. The van der Waals surface area contributed by atoms with Crippen LogP contribution in [0.3, 0.4) is 0 Å². The summed E-state index contributed by atoms with van der Waals surface area (Å²) in [6.07, 6.45) is 0. The molecule has 0 heterocycles. The number of methoxy groups -OCH3 is 1. The van der Waals surface area contributed by atoms with Gasteiger partial charge >= 0.3 is 0 Å². The molecule has 0 bridgehead atoms. The largest absolute Gasteiger partial charge is 0.497 e. The minimum absolute atomic E-state index is 0.0325. The van der Waals surface area contributed by atoms with E-state index in [1.165, 1.54) is 6.92 Å². The Morgan fingerprint density at radius 2 is 1.72 bits per heavy atom. The van der Waals surface area contributed by atoms with Gasteiger partial charge in [0.25, 0.3) is 5.91 Å². The van der Waals surface area contributed by atoms with E-state index in [0.29, 0.717) is 17.9 Å². The maximum absolute atomic E-state index is 12.3. The number of carbonyl (C=O) groups excluding carboxylic acids is 2. The van der Waals surface area contributed by atoms with E-state index in [4.69, 9.17) is 9.47 Å². The van der Waals surface area contributed by atoms with Crippen molar-refractivity contribution in [3.8, 4) is 11.5 Å². The minimum Gasteiger partial charge on any atom is -0.497 e. The van der Waals surface area contributed by atoms with Gasteiger partial charge in [0.05, 0.1) is 13.2 Å². The summed E-state index contributed by atoms with van der Waals surface area (Å²) in [6, 6.07) is 14.8. The molecule has 0 fully saturated rings. The smallest absolute Gasteiger partial charge is 0.258 e. The molecule has 0 saturated heterocycles. The molecule has 6 nitrogen and oxygen atoms in total. The quantitative estimate of drug-likeness (QED) is 0.587. The second kappa shape index (κ2) is 11.2. The Labute approximate surface area is 172 Å². The van der Waals surface area contributed by atoms with Crippen molar-refractivity contribution >= 4 is 11.7 Å². The number of rotatable bonds is 11. The van der Waals surface area contributed by atoms with E-state index in [9.17, 15) is 9.59 Å². The van der Waals surface area contributed by atoms with Crippen molar-refractivity contribution in [3.63, 3.8) is 0 Å². The molecule has 2 aromatic rings. The highest BCUT2D eigenvalue weighted by Gasteiger charge is 2.19. The number of ether oxygens (including phenoxy) is 2. The van der Waals surface area contributed by atoms with Gasteiger partial charge in [-0.3, -0.25) is 14.5 Å². The molecule has 29 heavy (non-hydrogen) atoms. The molecule has 6 heteroatoms.